The van der Waals surface area contributed by atoms with Crippen LogP contribution < -0.4 is 4.74 Å². The summed E-state index contributed by atoms with van der Waals surface area (Å²) >= 11 is 7.46. The van der Waals surface area contributed by atoms with E-state index in [1.165, 1.54) is 0 Å². The number of ether oxygens (including phenoxy) is 1. The van der Waals surface area contributed by atoms with Crippen molar-refractivity contribution < 1.29 is 9.53 Å². The molecule has 0 unspecified atom stereocenters. The minimum atomic E-state index is -0.435. The molecule has 0 aliphatic heterocycles. The molecule has 0 spiro atoms. The molecule has 0 aliphatic rings. The maximum absolute atomic E-state index is 12.2. The van der Waals surface area contributed by atoms with Gasteiger partial charge in [-0.25, -0.2) is 14.8 Å². The molecule has 0 saturated carbocycles. The van der Waals surface area contributed by atoms with Gasteiger partial charge in [-0.2, -0.15) is 0 Å². The van der Waals surface area contributed by atoms with E-state index in [-0.39, 0.29) is 0 Å². The summed E-state index contributed by atoms with van der Waals surface area (Å²) in [5, 5.41) is 2.58. The molecule has 0 saturated heterocycles. The lowest BCUT2D eigenvalue weighted by molar-refractivity contribution is 0.0735. The van der Waals surface area contributed by atoms with Gasteiger partial charge in [0.2, 0.25) is 0 Å². The molecule has 0 atom stereocenters. The third-order valence-electron chi connectivity index (χ3n) is 3.83. The van der Waals surface area contributed by atoms with Crippen LogP contribution >= 0.6 is 22.9 Å². The number of esters is 1. The first kappa shape index (κ1) is 17.4. The van der Waals surface area contributed by atoms with Crippen molar-refractivity contribution in [3.63, 3.8) is 0 Å². The number of hydrogen-bond acceptors (Lipinski definition) is 5. The highest BCUT2D eigenvalue weighted by Crippen LogP contribution is 2.25. The maximum Gasteiger partial charge on any atom is 0.343 e. The Morgan fingerprint density at radius 1 is 0.963 bits per heavy atom. The van der Waals surface area contributed by atoms with Gasteiger partial charge in [0.05, 0.1) is 16.1 Å². The Kier molecular flexibility index (Phi) is 4.96. The third kappa shape index (κ3) is 4.05. The molecule has 6 heteroatoms. The number of carbonyl (C=O) groups is 1. The van der Waals surface area contributed by atoms with Crippen molar-refractivity contribution in [1.82, 2.24) is 9.97 Å². The summed E-state index contributed by atoms with van der Waals surface area (Å²) in [5.74, 6) is 0.639. The summed E-state index contributed by atoms with van der Waals surface area (Å²) < 4.78 is 5.39. The fourth-order valence-corrected chi connectivity index (χ4v) is 3.30. The van der Waals surface area contributed by atoms with Crippen molar-refractivity contribution in [2.24, 2.45) is 0 Å². The van der Waals surface area contributed by atoms with Gasteiger partial charge >= 0.3 is 5.97 Å². The van der Waals surface area contributed by atoms with Crippen molar-refractivity contribution in [2.45, 2.75) is 0 Å². The first-order valence-electron chi connectivity index (χ1n) is 8.14. The van der Waals surface area contributed by atoms with Crippen LogP contribution in [0, 0.1) is 0 Å². The molecule has 2 aromatic carbocycles. The number of rotatable bonds is 4. The molecule has 4 rings (SSSR count). The fraction of sp³-hybridized carbons (Fsp3) is 0. The van der Waals surface area contributed by atoms with Crippen LogP contribution in [0.4, 0.5) is 0 Å². The van der Waals surface area contributed by atoms with E-state index in [0.29, 0.717) is 22.2 Å². The van der Waals surface area contributed by atoms with E-state index in [1.54, 1.807) is 53.9 Å². The molecule has 132 valence electrons. The van der Waals surface area contributed by atoms with E-state index in [1.807, 2.05) is 35.7 Å². The lowest BCUT2D eigenvalue weighted by atomic mass is 10.2. The highest BCUT2D eigenvalue weighted by Gasteiger charge is 2.10. The molecule has 0 fully saturated rings. The minimum absolute atomic E-state index is 0.435. The summed E-state index contributed by atoms with van der Waals surface area (Å²) in [6, 6.07) is 19.6. The molecule has 0 amide bonds. The molecular formula is C21H13ClN2O2S. The monoisotopic (exact) mass is 392 g/mol. The summed E-state index contributed by atoms with van der Waals surface area (Å²) in [6.45, 7) is 0. The first-order chi connectivity index (χ1) is 13.2. The van der Waals surface area contributed by atoms with Crippen LogP contribution in [0.2, 0.25) is 5.02 Å². The lowest BCUT2D eigenvalue weighted by Gasteiger charge is -2.06. The quantitative estimate of drug-likeness (QED) is 0.328. The Morgan fingerprint density at radius 2 is 1.74 bits per heavy atom. The zero-order chi connectivity index (χ0) is 18.6. The largest absolute Gasteiger partial charge is 0.423 e. The second-order valence-electron chi connectivity index (χ2n) is 5.66. The molecule has 2 aromatic heterocycles. The van der Waals surface area contributed by atoms with Gasteiger partial charge in [-0.15, -0.1) is 11.3 Å². The maximum atomic E-state index is 12.2. The molecule has 27 heavy (non-hydrogen) atoms. The normalized spacial score (nSPS) is 10.6. The molecule has 4 nitrogen and oxygen atoms in total. The standard InChI is InChI=1S/C21H13ClN2O2S/c22-16-7-3-15(4-8-16)21(25)26-17-9-5-14(6-10-17)20-23-12-11-18(24-20)19-2-1-13-27-19/h1-13H. The topological polar surface area (TPSA) is 52.1 Å². The number of hydrogen-bond donors (Lipinski definition) is 0. The van der Waals surface area contributed by atoms with Gasteiger partial charge in [-0.05, 0) is 66.0 Å². The number of nitrogens with zero attached hydrogens (tertiary/aromatic N) is 2. The summed E-state index contributed by atoms with van der Waals surface area (Å²) in [6.07, 6.45) is 1.74. The highest BCUT2D eigenvalue weighted by molar-refractivity contribution is 7.13. The van der Waals surface area contributed by atoms with Crippen LogP contribution in [0.3, 0.4) is 0 Å². The molecule has 0 bridgehead atoms. The van der Waals surface area contributed by atoms with Crippen LogP contribution in [-0.2, 0) is 0 Å². The van der Waals surface area contributed by atoms with Crippen LogP contribution in [-0.4, -0.2) is 15.9 Å². The zero-order valence-electron chi connectivity index (χ0n) is 14.0. The van der Waals surface area contributed by atoms with E-state index < -0.39 is 5.97 Å². The molecule has 0 N–H and O–H groups in total. The van der Waals surface area contributed by atoms with Crippen LogP contribution in [0.1, 0.15) is 10.4 Å². The number of carbonyl (C=O) groups excluding carboxylic acids is 1. The van der Waals surface area contributed by atoms with Crippen molar-refractivity contribution in [2.75, 3.05) is 0 Å². The fourth-order valence-electron chi connectivity index (χ4n) is 2.48. The second kappa shape index (κ2) is 7.70. The van der Waals surface area contributed by atoms with Gasteiger partial charge in [0.25, 0.3) is 0 Å². The van der Waals surface area contributed by atoms with E-state index in [0.717, 1.165) is 16.1 Å². The van der Waals surface area contributed by atoms with E-state index in [4.69, 9.17) is 16.3 Å². The summed E-state index contributed by atoms with van der Waals surface area (Å²) in [7, 11) is 0. The Labute approximate surface area is 165 Å². The van der Waals surface area contributed by atoms with Crippen LogP contribution in [0.15, 0.2) is 78.3 Å². The number of halogens is 1. The lowest BCUT2D eigenvalue weighted by Crippen LogP contribution is -2.08. The minimum Gasteiger partial charge on any atom is -0.423 e. The van der Waals surface area contributed by atoms with Crippen molar-refractivity contribution in [1.29, 1.82) is 0 Å². The smallest absolute Gasteiger partial charge is 0.343 e. The average molecular weight is 393 g/mol. The van der Waals surface area contributed by atoms with Gasteiger partial charge in [0.15, 0.2) is 5.82 Å². The van der Waals surface area contributed by atoms with Gasteiger partial charge in [0, 0.05) is 16.8 Å². The van der Waals surface area contributed by atoms with E-state index >= 15 is 0 Å². The molecular weight excluding hydrogens is 380 g/mol. The third-order valence-corrected chi connectivity index (χ3v) is 4.98. The van der Waals surface area contributed by atoms with E-state index in [9.17, 15) is 4.79 Å². The molecule has 0 radical (unpaired) electrons. The average Bonchev–Trinajstić information content (AvgIpc) is 3.24. The molecule has 0 aliphatic carbocycles. The Bertz CT molecular complexity index is 1060. The Hall–Kier alpha value is -3.02. The van der Waals surface area contributed by atoms with Crippen molar-refractivity contribution >= 4 is 28.9 Å². The summed E-state index contributed by atoms with van der Waals surface area (Å²) in [5.41, 5.74) is 2.17. The Morgan fingerprint density at radius 3 is 2.44 bits per heavy atom. The van der Waals surface area contributed by atoms with Crippen LogP contribution in [0.5, 0.6) is 5.75 Å². The number of benzene rings is 2. The predicted octanol–water partition coefficient (Wildman–Crippen LogP) is 5.74. The molecule has 4 aromatic rings. The second-order valence-corrected chi connectivity index (χ2v) is 7.05. The van der Waals surface area contributed by atoms with Gasteiger partial charge in [0.1, 0.15) is 5.75 Å². The van der Waals surface area contributed by atoms with Gasteiger partial charge < -0.3 is 4.74 Å². The predicted molar refractivity (Wildman–Crippen MR) is 107 cm³/mol. The van der Waals surface area contributed by atoms with E-state index in [2.05, 4.69) is 9.97 Å². The van der Waals surface area contributed by atoms with Crippen molar-refractivity contribution in [3.8, 4) is 27.7 Å². The summed E-state index contributed by atoms with van der Waals surface area (Å²) in [4.78, 5) is 22.2. The first-order valence-corrected chi connectivity index (χ1v) is 9.40. The number of thiophene rings is 1. The SMILES string of the molecule is O=C(Oc1ccc(-c2nccc(-c3cccs3)n2)cc1)c1ccc(Cl)cc1. The highest BCUT2D eigenvalue weighted by atomic mass is 35.5. The Balaban J connectivity index is 1.51. The number of aromatic nitrogens is 2. The zero-order valence-corrected chi connectivity index (χ0v) is 15.6. The van der Waals surface area contributed by atoms with Crippen molar-refractivity contribution in [3.05, 3.63) is 88.9 Å². The van der Waals surface area contributed by atoms with Gasteiger partial charge in [-0.1, -0.05) is 17.7 Å². The van der Waals surface area contributed by atoms with Gasteiger partial charge in [-0.3, -0.25) is 0 Å². The molecule has 2 heterocycles. The van der Waals surface area contributed by atoms with Crippen LogP contribution in [0.25, 0.3) is 22.0 Å².